The van der Waals surface area contributed by atoms with E-state index in [4.69, 9.17) is 39.9 Å². The number of nitrogens with one attached hydrogen (secondary N) is 2. The molecular formula is C15H13Cl3N2O2. The first-order chi connectivity index (χ1) is 10.5. The van der Waals surface area contributed by atoms with Gasteiger partial charge >= 0.3 is 6.03 Å². The topological polar surface area (TPSA) is 61.4 Å². The number of benzene rings is 2. The molecule has 2 rings (SSSR count). The van der Waals surface area contributed by atoms with Crippen molar-refractivity contribution in [2.24, 2.45) is 0 Å². The highest BCUT2D eigenvalue weighted by Crippen LogP contribution is 2.29. The van der Waals surface area contributed by atoms with Crippen LogP contribution in [0.3, 0.4) is 0 Å². The third-order valence-corrected chi connectivity index (χ3v) is 3.64. The summed E-state index contributed by atoms with van der Waals surface area (Å²) in [6.07, 6.45) is 0.308. The summed E-state index contributed by atoms with van der Waals surface area (Å²) in [5.74, 6) is 0. The van der Waals surface area contributed by atoms with Crippen molar-refractivity contribution >= 4 is 52.2 Å². The first-order valence-electron chi connectivity index (χ1n) is 6.42. The lowest BCUT2D eigenvalue weighted by Crippen LogP contribution is -2.20. The van der Waals surface area contributed by atoms with Crippen LogP contribution in [0, 0.1) is 0 Å². The number of hydrogen-bond donors (Lipinski definition) is 3. The first kappa shape index (κ1) is 16.9. The molecule has 2 amide bonds. The van der Waals surface area contributed by atoms with Crippen LogP contribution in [0.2, 0.25) is 15.1 Å². The zero-order chi connectivity index (χ0) is 16.1. The summed E-state index contributed by atoms with van der Waals surface area (Å²) in [6.45, 7) is -0.0913. The molecule has 0 bridgehead atoms. The highest BCUT2D eigenvalue weighted by atomic mass is 35.5. The minimum atomic E-state index is -0.459. The Morgan fingerprint density at radius 1 is 1.05 bits per heavy atom. The Morgan fingerprint density at radius 3 is 2.50 bits per heavy atom. The number of carbonyl (C=O) groups excluding carboxylic acids is 1. The van der Waals surface area contributed by atoms with Crippen LogP contribution in [0.15, 0.2) is 36.4 Å². The van der Waals surface area contributed by atoms with E-state index in [-0.39, 0.29) is 6.61 Å². The van der Waals surface area contributed by atoms with Gasteiger partial charge in [0.1, 0.15) is 0 Å². The molecule has 0 aliphatic carbocycles. The van der Waals surface area contributed by atoms with Gasteiger partial charge in [-0.3, -0.25) is 0 Å². The normalized spacial score (nSPS) is 10.4. The van der Waals surface area contributed by atoms with Crippen molar-refractivity contribution in [1.82, 2.24) is 0 Å². The molecule has 0 saturated heterocycles. The van der Waals surface area contributed by atoms with Gasteiger partial charge in [-0.2, -0.15) is 0 Å². The Morgan fingerprint density at radius 2 is 1.82 bits per heavy atom. The molecule has 0 aliphatic rings. The third kappa shape index (κ3) is 4.52. The summed E-state index contributed by atoms with van der Waals surface area (Å²) in [4.78, 5) is 12.1. The van der Waals surface area contributed by atoms with E-state index >= 15 is 0 Å². The molecule has 0 radical (unpaired) electrons. The van der Waals surface area contributed by atoms with Gasteiger partial charge in [0.15, 0.2) is 0 Å². The number of halogens is 3. The van der Waals surface area contributed by atoms with E-state index in [9.17, 15) is 4.79 Å². The predicted octanol–water partition coefficient (Wildman–Crippen LogP) is 4.83. The molecule has 0 unspecified atom stereocenters. The lowest BCUT2D eigenvalue weighted by Gasteiger charge is -2.13. The Hall–Kier alpha value is -1.46. The van der Waals surface area contributed by atoms with Gasteiger partial charge in [-0.1, -0.05) is 40.9 Å². The van der Waals surface area contributed by atoms with Gasteiger partial charge in [-0.05, 0) is 42.3 Å². The molecule has 4 nitrogen and oxygen atoms in total. The maximum absolute atomic E-state index is 12.1. The fraction of sp³-hybridized carbons (Fsp3) is 0.133. The van der Waals surface area contributed by atoms with Crippen molar-refractivity contribution in [1.29, 1.82) is 0 Å². The number of hydrogen-bond acceptors (Lipinski definition) is 2. The average molecular weight is 360 g/mol. The van der Waals surface area contributed by atoms with Crippen molar-refractivity contribution < 1.29 is 9.90 Å². The van der Waals surface area contributed by atoms with Crippen molar-refractivity contribution in [2.45, 2.75) is 6.42 Å². The van der Waals surface area contributed by atoms with Gasteiger partial charge in [0.25, 0.3) is 0 Å². The molecule has 3 N–H and O–H groups in total. The van der Waals surface area contributed by atoms with Crippen molar-refractivity contribution in [3.05, 3.63) is 57.0 Å². The quantitative estimate of drug-likeness (QED) is 0.732. The van der Waals surface area contributed by atoms with Gasteiger partial charge in [-0.25, -0.2) is 4.79 Å². The van der Waals surface area contributed by atoms with Crippen LogP contribution in [0.25, 0.3) is 0 Å². The molecule has 0 fully saturated rings. The van der Waals surface area contributed by atoms with Crippen LogP contribution in [-0.4, -0.2) is 17.7 Å². The van der Waals surface area contributed by atoms with Gasteiger partial charge in [0.05, 0.1) is 0 Å². The van der Waals surface area contributed by atoms with Crippen LogP contribution in [0.4, 0.5) is 16.2 Å². The van der Waals surface area contributed by atoms with Crippen molar-refractivity contribution in [3.63, 3.8) is 0 Å². The number of aliphatic hydroxyl groups excluding tert-OH is 1. The van der Waals surface area contributed by atoms with Crippen LogP contribution in [-0.2, 0) is 6.42 Å². The van der Waals surface area contributed by atoms with Crippen LogP contribution < -0.4 is 10.6 Å². The number of carbonyl (C=O) groups is 1. The van der Waals surface area contributed by atoms with E-state index in [1.165, 1.54) is 0 Å². The van der Waals surface area contributed by atoms with E-state index < -0.39 is 6.03 Å². The van der Waals surface area contributed by atoms with Gasteiger partial charge in [0.2, 0.25) is 0 Å². The molecule has 0 aromatic heterocycles. The summed E-state index contributed by atoms with van der Waals surface area (Å²) in [6, 6.07) is 9.46. The monoisotopic (exact) mass is 358 g/mol. The fourth-order valence-electron chi connectivity index (χ4n) is 1.93. The maximum Gasteiger partial charge on any atom is 0.323 e. The molecule has 0 saturated carbocycles. The molecule has 0 aliphatic heterocycles. The lowest BCUT2D eigenvalue weighted by molar-refractivity contribution is 0.262. The Balaban J connectivity index is 2.17. The van der Waals surface area contributed by atoms with E-state index in [1.54, 1.807) is 36.4 Å². The molecule has 0 heterocycles. The summed E-state index contributed by atoms with van der Waals surface area (Å²) < 4.78 is 0. The largest absolute Gasteiger partial charge is 0.396 e. The second-order valence-electron chi connectivity index (χ2n) is 4.48. The van der Waals surface area contributed by atoms with Crippen LogP contribution in [0.1, 0.15) is 5.56 Å². The molecule has 2 aromatic rings. The highest BCUT2D eigenvalue weighted by Gasteiger charge is 2.12. The maximum atomic E-state index is 12.1. The second-order valence-corrected chi connectivity index (χ2v) is 5.76. The first-order valence-corrected chi connectivity index (χ1v) is 7.55. The molecule has 2 aromatic carbocycles. The van der Waals surface area contributed by atoms with E-state index in [0.717, 1.165) is 0 Å². The zero-order valence-electron chi connectivity index (χ0n) is 11.4. The Bertz CT molecular complexity index is 692. The van der Waals surface area contributed by atoms with E-state index in [1.807, 2.05) is 0 Å². The van der Waals surface area contributed by atoms with Gasteiger partial charge in [0, 0.05) is 33.0 Å². The standard InChI is InChI=1S/C15H13Cl3N2O2/c16-9-2-1-3-11(6-9)19-15(22)20-14-8-10(17)7-13(18)12(14)4-5-21/h1-3,6-8,21H,4-5H2,(H2,19,20,22). The lowest BCUT2D eigenvalue weighted by atomic mass is 10.1. The van der Waals surface area contributed by atoms with E-state index in [0.29, 0.717) is 38.4 Å². The number of aliphatic hydroxyl groups is 1. The van der Waals surface area contributed by atoms with E-state index in [2.05, 4.69) is 10.6 Å². The summed E-state index contributed by atoms with van der Waals surface area (Å²) in [5, 5.41) is 15.7. The Kier molecular flexibility index (Phi) is 5.91. The molecule has 22 heavy (non-hydrogen) atoms. The van der Waals surface area contributed by atoms with Gasteiger partial charge in [-0.15, -0.1) is 0 Å². The SMILES string of the molecule is O=C(Nc1cccc(Cl)c1)Nc1cc(Cl)cc(Cl)c1CCO. The molecule has 0 atom stereocenters. The predicted molar refractivity (Wildman–Crippen MR) is 91.3 cm³/mol. The number of rotatable bonds is 4. The van der Waals surface area contributed by atoms with Crippen molar-refractivity contribution in [3.8, 4) is 0 Å². The number of anilines is 2. The molecule has 116 valence electrons. The smallest absolute Gasteiger partial charge is 0.323 e. The Labute approximate surface area is 143 Å². The van der Waals surface area contributed by atoms with Crippen LogP contribution >= 0.6 is 34.8 Å². The average Bonchev–Trinajstić information content (AvgIpc) is 2.42. The third-order valence-electron chi connectivity index (χ3n) is 2.85. The van der Waals surface area contributed by atoms with Crippen LogP contribution in [0.5, 0.6) is 0 Å². The highest BCUT2D eigenvalue weighted by molar-refractivity contribution is 6.35. The summed E-state index contributed by atoms with van der Waals surface area (Å²) in [7, 11) is 0. The summed E-state index contributed by atoms with van der Waals surface area (Å²) in [5.41, 5.74) is 1.63. The van der Waals surface area contributed by atoms with Gasteiger partial charge < -0.3 is 15.7 Å². The van der Waals surface area contributed by atoms with Crippen molar-refractivity contribution in [2.75, 3.05) is 17.2 Å². The number of amides is 2. The minimum absolute atomic E-state index is 0.0913. The molecule has 0 spiro atoms. The number of urea groups is 1. The summed E-state index contributed by atoms with van der Waals surface area (Å²) >= 11 is 17.9. The molecule has 7 heteroatoms. The second kappa shape index (κ2) is 7.70. The zero-order valence-corrected chi connectivity index (χ0v) is 13.6. The molecular weight excluding hydrogens is 347 g/mol. The minimum Gasteiger partial charge on any atom is -0.396 e. The fourth-order valence-corrected chi connectivity index (χ4v) is 2.71.